The van der Waals surface area contributed by atoms with Crippen molar-refractivity contribution in [2.45, 2.75) is 58.0 Å². The van der Waals surface area contributed by atoms with Crippen LogP contribution in [-0.4, -0.2) is 36.1 Å². The highest BCUT2D eigenvalue weighted by molar-refractivity contribution is 4.97. The summed E-state index contributed by atoms with van der Waals surface area (Å²) in [6, 6.07) is 0.666. The zero-order valence-electron chi connectivity index (χ0n) is 11.1. The van der Waals surface area contributed by atoms with Crippen LogP contribution in [0, 0.1) is 12.3 Å². The van der Waals surface area contributed by atoms with Crippen LogP contribution in [0.15, 0.2) is 0 Å². The van der Waals surface area contributed by atoms with Crippen LogP contribution in [0.2, 0.25) is 0 Å². The highest BCUT2D eigenvalue weighted by Gasteiger charge is 2.35. The lowest BCUT2D eigenvalue weighted by Crippen LogP contribution is -2.63. The van der Waals surface area contributed by atoms with Crippen LogP contribution in [0.4, 0.5) is 0 Å². The number of nitrogens with one attached hydrogen (secondary N) is 1. The van der Waals surface area contributed by atoms with Gasteiger partial charge in [0.05, 0.1) is 0 Å². The number of terminal acetylenes is 1. The maximum atomic E-state index is 5.37. The second kappa shape index (κ2) is 6.27. The third-order valence-electron chi connectivity index (χ3n) is 4.10. The van der Waals surface area contributed by atoms with Crippen LogP contribution in [0.1, 0.15) is 46.5 Å². The molecule has 0 aromatic carbocycles. The summed E-state index contributed by atoms with van der Waals surface area (Å²) >= 11 is 0. The standard InChI is InChI=1S/C14H26N2/c1-5-9-10-16-12-14(7-3,8-4)15-11-13(16)6-2/h1,13,15H,6-12H2,2-4H3. The van der Waals surface area contributed by atoms with Gasteiger partial charge in [-0.1, -0.05) is 20.8 Å². The largest absolute Gasteiger partial charge is 0.308 e. The minimum absolute atomic E-state index is 0.320. The monoisotopic (exact) mass is 222 g/mol. The normalized spacial score (nSPS) is 25.2. The molecule has 0 aromatic heterocycles. The van der Waals surface area contributed by atoms with E-state index in [4.69, 9.17) is 6.42 Å². The molecule has 1 saturated heterocycles. The maximum Gasteiger partial charge on any atom is 0.0304 e. The molecule has 1 N–H and O–H groups in total. The summed E-state index contributed by atoms with van der Waals surface area (Å²) in [6.07, 6.45) is 9.86. The minimum atomic E-state index is 0.320. The molecular formula is C14H26N2. The molecule has 16 heavy (non-hydrogen) atoms. The molecule has 1 rings (SSSR count). The molecule has 0 amide bonds. The predicted molar refractivity (Wildman–Crippen MR) is 70.4 cm³/mol. The van der Waals surface area contributed by atoms with Crippen LogP contribution in [0.5, 0.6) is 0 Å². The van der Waals surface area contributed by atoms with Crippen molar-refractivity contribution in [3.05, 3.63) is 0 Å². The molecule has 1 fully saturated rings. The lowest BCUT2D eigenvalue weighted by atomic mass is 9.88. The Morgan fingerprint density at radius 2 is 2.06 bits per heavy atom. The van der Waals surface area contributed by atoms with Crippen molar-refractivity contribution >= 4 is 0 Å². The van der Waals surface area contributed by atoms with Crippen LogP contribution < -0.4 is 5.32 Å². The Morgan fingerprint density at radius 1 is 1.38 bits per heavy atom. The number of rotatable bonds is 5. The highest BCUT2D eigenvalue weighted by Crippen LogP contribution is 2.23. The number of nitrogens with zero attached hydrogens (tertiary/aromatic N) is 1. The van der Waals surface area contributed by atoms with E-state index in [1.807, 2.05) is 0 Å². The van der Waals surface area contributed by atoms with Gasteiger partial charge in [-0.25, -0.2) is 0 Å². The lowest BCUT2D eigenvalue weighted by Gasteiger charge is -2.47. The predicted octanol–water partition coefficient (Wildman–Crippen LogP) is 2.25. The molecule has 1 unspecified atom stereocenters. The van der Waals surface area contributed by atoms with Crippen molar-refractivity contribution in [1.29, 1.82) is 0 Å². The molecule has 0 spiro atoms. The van der Waals surface area contributed by atoms with E-state index in [0.717, 1.165) is 26.1 Å². The molecule has 92 valence electrons. The molecule has 1 heterocycles. The van der Waals surface area contributed by atoms with E-state index in [1.165, 1.54) is 19.3 Å². The van der Waals surface area contributed by atoms with Gasteiger partial charge in [0, 0.05) is 37.6 Å². The van der Waals surface area contributed by atoms with Crippen molar-refractivity contribution in [3.63, 3.8) is 0 Å². The minimum Gasteiger partial charge on any atom is -0.308 e. The second-order valence-electron chi connectivity index (χ2n) is 4.86. The molecule has 0 radical (unpaired) electrons. The average Bonchev–Trinajstić information content (AvgIpc) is 2.35. The summed E-state index contributed by atoms with van der Waals surface area (Å²) < 4.78 is 0. The molecule has 2 heteroatoms. The zero-order valence-corrected chi connectivity index (χ0v) is 11.1. The molecule has 0 aliphatic carbocycles. The van der Waals surface area contributed by atoms with Crippen molar-refractivity contribution in [2.75, 3.05) is 19.6 Å². The Kier molecular flexibility index (Phi) is 5.31. The summed E-state index contributed by atoms with van der Waals surface area (Å²) in [7, 11) is 0. The van der Waals surface area contributed by atoms with Gasteiger partial charge in [-0.2, -0.15) is 0 Å². The Balaban J connectivity index is 2.64. The fraction of sp³-hybridized carbons (Fsp3) is 0.857. The Labute approximate surface area is 101 Å². The van der Waals surface area contributed by atoms with Gasteiger partial charge in [0.25, 0.3) is 0 Å². The van der Waals surface area contributed by atoms with E-state index in [-0.39, 0.29) is 0 Å². The second-order valence-corrected chi connectivity index (χ2v) is 4.86. The van der Waals surface area contributed by atoms with E-state index in [2.05, 4.69) is 36.9 Å². The zero-order chi connectivity index (χ0) is 12.0. The SMILES string of the molecule is C#CCCN1CC(CC)(CC)NCC1CC. The highest BCUT2D eigenvalue weighted by atomic mass is 15.2. The van der Waals surface area contributed by atoms with Gasteiger partial charge >= 0.3 is 0 Å². The molecule has 2 nitrogen and oxygen atoms in total. The maximum absolute atomic E-state index is 5.37. The van der Waals surface area contributed by atoms with Crippen molar-refractivity contribution in [1.82, 2.24) is 10.2 Å². The number of hydrogen-bond acceptors (Lipinski definition) is 2. The van der Waals surface area contributed by atoms with Crippen molar-refractivity contribution in [3.8, 4) is 12.3 Å². The molecule has 1 aliphatic rings. The van der Waals surface area contributed by atoms with Crippen LogP contribution in [0.3, 0.4) is 0 Å². The smallest absolute Gasteiger partial charge is 0.0304 e. The van der Waals surface area contributed by atoms with Crippen LogP contribution in [0.25, 0.3) is 0 Å². The fourth-order valence-electron chi connectivity index (χ4n) is 2.63. The van der Waals surface area contributed by atoms with Crippen molar-refractivity contribution in [2.24, 2.45) is 0 Å². The molecule has 1 atom stereocenters. The number of piperazine rings is 1. The average molecular weight is 222 g/mol. The van der Waals surface area contributed by atoms with E-state index >= 15 is 0 Å². The van der Waals surface area contributed by atoms with E-state index in [0.29, 0.717) is 11.6 Å². The Bertz CT molecular complexity index is 238. The topological polar surface area (TPSA) is 15.3 Å². The first-order chi connectivity index (χ1) is 7.71. The van der Waals surface area contributed by atoms with Gasteiger partial charge in [-0.3, -0.25) is 4.90 Å². The quantitative estimate of drug-likeness (QED) is 0.718. The molecular weight excluding hydrogens is 196 g/mol. The van der Waals surface area contributed by atoms with Gasteiger partial charge in [-0.05, 0) is 19.3 Å². The molecule has 0 aromatic rings. The van der Waals surface area contributed by atoms with Crippen LogP contribution >= 0.6 is 0 Å². The summed E-state index contributed by atoms with van der Waals surface area (Å²) in [5.74, 6) is 2.76. The first kappa shape index (κ1) is 13.5. The van der Waals surface area contributed by atoms with E-state index < -0.39 is 0 Å². The van der Waals surface area contributed by atoms with Gasteiger partial charge in [-0.15, -0.1) is 12.3 Å². The lowest BCUT2D eigenvalue weighted by molar-refractivity contribution is 0.0726. The third-order valence-corrected chi connectivity index (χ3v) is 4.10. The molecule has 1 aliphatic heterocycles. The Hall–Kier alpha value is -0.520. The first-order valence-electron chi connectivity index (χ1n) is 6.63. The van der Waals surface area contributed by atoms with E-state index in [9.17, 15) is 0 Å². The van der Waals surface area contributed by atoms with E-state index in [1.54, 1.807) is 0 Å². The van der Waals surface area contributed by atoms with Gasteiger partial charge in [0.1, 0.15) is 0 Å². The summed E-state index contributed by atoms with van der Waals surface area (Å²) in [5, 5.41) is 3.75. The van der Waals surface area contributed by atoms with Crippen molar-refractivity contribution < 1.29 is 0 Å². The van der Waals surface area contributed by atoms with Gasteiger partial charge in [0.15, 0.2) is 0 Å². The van der Waals surface area contributed by atoms with Gasteiger partial charge in [0.2, 0.25) is 0 Å². The summed E-state index contributed by atoms with van der Waals surface area (Å²) in [6.45, 7) is 10.1. The molecule has 0 bridgehead atoms. The first-order valence-corrected chi connectivity index (χ1v) is 6.63. The number of hydrogen-bond donors (Lipinski definition) is 1. The van der Waals surface area contributed by atoms with Gasteiger partial charge < -0.3 is 5.32 Å². The molecule has 0 saturated carbocycles. The summed E-state index contributed by atoms with van der Waals surface area (Å²) in [4.78, 5) is 2.59. The van der Waals surface area contributed by atoms with Crippen LogP contribution in [-0.2, 0) is 0 Å². The summed E-state index contributed by atoms with van der Waals surface area (Å²) in [5.41, 5.74) is 0.320. The third kappa shape index (κ3) is 2.99. The Morgan fingerprint density at radius 3 is 2.56 bits per heavy atom. The fourth-order valence-corrected chi connectivity index (χ4v) is 2.63.